The number of benzene rings is 1. The van der Waals surface area contributed by atoms with Crippen LogP contribution in [0.4, 0.5) is 0 Å². The molecule has 2 aliphatic rings. The van der Waals surface area contributed by atoms with Gasteiger partial charge in [-0.2, -0.15) is 0 Å². The number of piperidine rings is 1. The van der Waals surface area contributed by atoms with E-state index in [1.807, 2.05) is 35.2 Å². The van der Waals surface area contributed by atoms with Crippen molar-refractivity contribution < 1.29 is 19.4 Å². The summed E-state index contributed by atoms with van der Waals surface area (Å²) in [6.45, 7) is 2.02. The van der Waals surface area contributed by atoms with Gasteiger partial charge in [-0.1, -0.05) is 30.3 Å². The molecule has 0 bridgehead atoms. The summed E-state index contributed by atoms with van der Waals surface area (Å²) in [5, 5.41) is 8.91. The van der Waals surface area contributed by atoms with Crippen molar-refractivity contribution >= 4 is 11.9 Å². The molecule has 5 nitrogen and oxygen atoms in total. The first kappa shape index (κ1) is 17.0. The van der Waals surface area contributed by atoms with E-state index in [4.69, 9.17) is 9.84 Å². The summed E-state index contributed by atoms with van der Waals surface area (Å²) >= 11 is 0. The number of nitrogens with zero attached hydrogens (tertiary/aromatic N) is 1. The first-order chi connectivity index (χ1) is 11.6. The molecule has 0 radical (unpaired) electrons. The third-order valence-electron chi connectivity index (χ3n) is 5.16. The highest BCUT2D eigenvalue weighted by molar-refractivity contribution is 5.80. The minimum absolute atomic E-state index is 0.128. The summed E-state index contributed by atoms with van der Waals surface area (Å²) < 4.78 is 5.94. The highest BCUT2D eigenvalue weighted by Gasteiger charge is 2.36. The van der Waals surface area contributed by atoms with Crippen molar-refractivity contribution in [3.63, 3.8) is 0 Å². The molecule has 2 fully saturated rings. The minimum Gasteiger partial charge on any atom is -0.481 e. The molecule has 2 atom stereocenters. The Kier molecular flexibility index (Phi) is 5.51. The maximum atomic E-state index is 13.0. The molecule has 1 aromatic rings. The van der Waals surface area contributed by atoms with E-state index in [0.717, 1.165) is 31.2 Å². The van der Waals surface area contributed by atoms with Crippen LogP contribution >= 0.6 is 0 Å². The van der Waals surface area contributed by atoms with Crippen LogP contribution < -0.4 is 0 Å². The molecule has 2 heterocycles. The van der Waals surface area contributed by atoms with Crippen LogP contribution in [0.5, 0.6) is 0 Å². The Balaban J connectivity index is 1.64. The number of carbonyl (C=O) groups is 2. The van der Waals surface area contributed by atoms with E-state index in [-0.39, 0.29) is 30.3 Å². The summed E-state index contributed by atoms with van der Waals surface area (Å²) in [4.78, 5) is 25.7. The van der Waals surface area contributed by atoms with E-state index >= 15 is 0 Å². The number of rotatable bonds is 4. The first-order valence-electron chi connectivity index (χ1n) is 8.82. The van der Waals surface area contributed by atoms with Gasteiger partial charge in [-0.3, -0.25) is 9.59 Å². The second-order valence-corrected chi connectivity index (χ2v) is 6.82. The van der Waals surface area contributed by atoms with Crippen LogP contribution in [0.2, 0.25) is 0 Å². The first-order valence-corrected chi connectivity index (χ1v) is 8.82. The Morgan fingerprint density at radius 3 is 2.50 bits per heavy atom. The standard InChI is InChI=1S/C19H25NO4/c21-17(22)13-14-8-10-20(11-9-14)19(23)16-7-4-12-24-18(16)15-5-2-1-3-6-15/h1-3,5-6,14,16,18H,4,7-13H2,(H,21,22). The highest BCUT2D eigenvalue weighted by atomic mass is 16.5. The quantitative estimate of drug-likeness (QED) is 0.921. The van der Waals surface area contributed by atoms with E-state index in [1.165, 1.54) is 0 Å². The van der Waals surface area contributed by atoms with Crippen LogP contribution in [0.3, 0.4) is 0 Å². The number of aliphatic carboxylic acids is 1. The lowest BCUT2D eigenvalue weighted by atomic mass is 9.87. The van der Waals surface area contributed by atoms with Crippen molar-refractivity contribution in [1.29, 1.82) is 0 Å². The third kappa shape index (κ3) is 3.96. The van der Waals surface area contributed by atoms with Crippen LogP contribution in [-0.4, -0.2) is 41.6 Å². The Labute approximate surface area is 142 Å². The zero-order valence-electron chi connectivity index (χ0n) is 13.9. The number of amides is 1. The van der Waals surface area contributed by atoms with Crippen LogP contribution in [0.25, 0.3) is 0 Å². The van der Waals surface area contributed by atoms with Crippen LogP contribution in [-0.2, 0) is 14.3 Å². The second-order valence-electron chi connectivity index (χ2n) is 6.82. The van der Waals surface area contributed by atoms with Gasteiger partial charge in [-0.25, -0.2) is 0 Å². The lowest BCUT2D eigenvalue weighted by molar-refractivity contribution is -0.147. The van der Waals surface area contributed by atoms with Crippen molar-refractivity contribution in [2.45, 2.75) is 38.2 Å². The van der Waals surface area contributed by atoms with Gasteiger partial charge in [0.05, 0.1) is 12.0 Å². The van der Waals surface area contributed by atoms with E-state index in [0.29, 0.717) is 19.7 Å². The third-order valence-corrected chi connectivity index (χ3v) is 5.16. The Morgan fingerprint density at radius 2 is 1.83 bits per heavy atom. The lowest BCUT2D eigenvalue weighted by Gasteiger charge is -2.38. The number of carbonyl (C=O) groups excluding carboxylic acids is 1. The highest BCUT2D eigenvalue weighted by Crippen LogP contribution is 2.35. The maximum Gasteiger partial charge on any atom is 0.303 e. The molecule has 0 spiro atoms. The Morgan fingerprint density at radius 1 is 1.12 bits per heavy atom. The molecule has 1 amide bonds. The SMILES string of the molecule is O=C(O)CC1CCN(C(=O)C2CCCOC2c2ccccc2)CC1. The maximum absolute atomic E-state index is 13.0. The molecule has 2 saturated heterocycles. The van der Waals surface area contributed by atoms with Gasteiger partial charge in [0.1, 0.15) is 0 Å². The Bertz CT molecular complexity index is 566. The number of hydrogen-bond donors (Lipinski definition) is 1. The van der Waals surface area contributed by atoms with Crippen molar-refractivity contribution in [2.75, 3.05) is 19.7 Å². The fraction of sp³-hybridized carbons (Fsp3) is 0.579. The zero-order valence-corrected chi connectivity index (χ0v) is 13.9. The van der Waals surface area contributed by atoms with Gasteiger partial charge in [-0.15, -0.1) is 0 Å². The van der Waals surface area contributed by atoms with Crippen molar-refractivity contribution in [3.05, 3.63) is 35.9 Å². The molecule has 1 N–H and O–H groups in total. The minimum atomic E-state index is -0.746. The summed E-state index contributed by atoms with van der Waals surface area (Å²) in [7, 11) is 0. The van der Waals surface area contributed by atoms with E-state index in [1.54, 1.807) is 0 Å². The van der Waals surface area contributed by atoms with Gasteiger partial charge in [0.15, 0.2) is 0 Å². The molecular weight excluding hydrogens is 306 g/mol. The van der Waals surface area contributed by atoms with Crippen LogP contribution in [0.1, 0.15) is 43.8 Å². The number of ether oxygens (including phenoxy) is 1. The average molecular weight is 331 g/mol. The predicted molar refractivity (Wildman–Crippen MR) is 89.4 cm³/mol. The van der Waals surface area contributed by atoms with Gasteiger partial charge in [0, 0.05) is 26.1 Å². The fourth-order valence-corrected chi connectivity index (χ4v) is 3.84. The molecule has 130 valence electrons. The van der Waals surface area contributed by atoms with Crippen molar-refractivity contribution in [1.82, 2.24) is 4.90 Å². The van der Waals surface area contributed by atoms with Crippen molar-refractivity contribution in [3.8, 4) is 0 Å². The second kappa shape index (κ2) is 7.79. The van der Waals surface area contributed by atoms with Gasteiger partial charge in [-0.05, 0) is 37.2 Å². The summed E-state index contributed by atoms with van der Waals surface area (Å²) in [6.07, 6.45) is 3.37. The molecule has 24 heavy (non-hydrogen) atoms. The number of hydrogen-bond acceptors (Lipinski definition) is 3. The molecule has 5 heteroatoms. The van der Waals surface area contributed by atoms with Gasteiger partial charge >= 0.3 is 5.97 Å². The Hall–Kier alpha value is -1.88. The van der Waals surface area contributed by atoms with Crippen LogP contribution in [0, 0.1) is 11.8 Å². The molecule has 2 unspecified atom stereocenters. The smallest absolute Gasteiger partial charge is 0.303 e. The van der Waals surface area contributed by atoms with Gasteiger partial charge < -0.3 is 14.7 Å². The number of likely N-dealkylation sites (tertiary alicyclic amines) is 1. The molecule has 3 rings (SSSR count). The normalized spacial score (nSPS) is 25.4. The van der Waals surface area contributed by atoms with E-state index in [9.17, 15) is 9.59 Å². The van der Waals surface area contributed by atoms with E-state index in [2.05, 4.69) is 0 Å². The molecule has 1 aromatic carbocycles. The summed E-state index contributed by atoms with van der Waals surface area (Å²) in [6, 6.07) is 9.97. The topological polar surface area (TPSA) is 66.8 Å². The molecule has 0 aliphatic carbocycles. The van der Waals surface area contributed by atoms with Gasteiger partial charge in [0.25, 0.3) is 0 Å². The summed E-state index contributed by atoms with van der Waals surface area (Å²) in [5.74, 6) is -0.516. The monoisotopic (exact) mass is 331 g/mol. The average Bonchev–Trinajstić information content (AvgIpc) is 2.62. The predicted octanol–water partition coefficient (Wildman–Crippen LogP) is 2.87. The lowest BCUT2D eigenvalue weighted by Crippen LogP contribution is -2.44. The molecular formula is C19H25NO4. The fourth-order valence-electron chi connectivity index (χ4n) is 3.84. The molecule has 2 aliphatic heterocycles. The number of carboxylic acid groups (broad SMARTS) is 1. The van der Waals surface area contributed by atoms with Crippen LogP contribution in [0.15, 0.2) is 30.3 Å². The molecule has 0 saturated carbocycles. The zero-order chi connectivity index (χ0) is 16.9. The van der Waals surface area contributed by atoms with E-state index < -0.39 is 5.97 Å². The largest absolute Gasteiger partial charge is 0.481 e. The molecule has 0 aromatic heterocycles. The number of carboxylic acids is 1. The van der Waals surface area contributed by atoms with Gasteiger partial charge in [0.2, 0.25) is 5.91 Å². The summed E-state index contributed by atoms with van der Waals surface area (Å²) in [5.41, 5.74) is 1.07. The van der Waals surface area contributed by atoms with Crippen molar-refractivity contribution in [2.24, 2.45) is 11.8 Å².